The van der Waals surface area contributed by atoms with Crippen molar-refractivity contribution in [3.63, 3.8) is 0 Å². The van der Waals surface area contributed by atoms with Gasteiger partial charge in [-0.15, -0.1) is 0 Å². The van der Waals surface area contributed by atoms with Gasteiger partial charge in [-0.1, -0.05) is 48.0 Å². The molecule has 2 fully saturated rings. The Labute approximate surface area is 150 Å². The van der Waals surface area contributed by atoms with Gasteiger partial charge in [-0.2, -0.15) is 0 Å². The third-order valence-corrected chi connectivity index (χ3v) is 7.16. The summed E-state index contributed by atoms with van der Waals surface area (Å²) in [5.41, 5.74) is 0.122. The molecule has 2 saturated heterocycles. The molecule has 0 radical (unpaired) electrons. The van der Waals surface area contributed by atoms with Crippen molar-refractivity contribution in [2.24, 2.45) is 17.3 Å². The highest BCUT2D eigenvalue weighted by atomic mass is 16.7. The van der Waals surface area contributed by atoms with Gasteiger partial charge in [0.25, 0.3) is 0 Å². The number of rotatable bonds is 4. The Kier molecular flexibility index (Phi) is 6.10. The Morgan fingerprint density at radius 1 is 1.12 bits per heavy atom. The van der Waals surface area contributed by atoms with Gasteiger partial charge in [0.1, 0.15) is 0 Å². The van der Waals surface area contributed by atoms with Crippen molar-refractivity contribution in [2.45, 2.75) is 98.1 Å². The number of nitrogens with zero attached hydrogens (tertiary/aromatic N) is 1. The van der Waals surface area contributed by atoms with Crippen LogP contribution in [0.15, 0.2) is 0 Å². The fraction of sp³-hybridized carbons (Fsp3) is 1.00. The second-order valence-corrected chi connectivity index (χ2v) is 9.23. The van der Waals surface area contributed by atoms with Crippen LogP contribution in [0.1, 0.15) is 80.6 Å². The Morgan fingerprint density at radius 3 is 2.17 bits per heavy atom. The maximum Gasteiger partial charge on any atom is 0.171 e. The van der Waals surface area contributed by atoms with Gasteiger partial charge in [-0.05, 0) is 44.1 Å². The summed E-state index contributed by atoms with van der Waals surface area (Å²) in [5, 5.41) is 0. The molecule has 0 N–H and O–H groups in total. The molecule has 4 atom stereocenters. The third-order valence-electron chi connectivity index (χ3n) is 7.16. The number of likely N-dealkylation sites (tertiary alicyclic amines) is 1. The highest BCUT2D eigenvalue weighted by Crippen LogP contribution is 2.53. The molecule has 1 spiro atoms. The molecule has 0 aliphatic carbocycles. The molecular formula is C21H41NO2. The summed E-state index contributed by atoms with van der Waals surface area (Å²) < 4.78 is 13.7. The fourth-order valence-electron chi connectivity index (χ4n) is 5.35. The topological polar surface area (TPSA) is 21.7 Å². The van der Waals surface area contributed by atoms with Gasteiger partial charge in [0.2, 0.25) is 0 Å². The van der Waals surface area contributed by atoms with Crippen LogP contribution in [0.2, 0.25) is 0 Å². The molecule has 3 heteroatoms. The minimum Gasteiger partial charge on any atom is -0.346 e. The number of ether oxygens (including phenoxy) is 2. The van der Waals surface area contributed by atoms with Crippen LogP contribution in [0, 0.1) is 17.3 Å². The second kappa shape index (κ2) is 7.25. The first-order chi connectivity index (χ1) is 11.1. The molecule has 24 heavy (non-hydrogen) atoms. The lowest BCUT2D eigenvalue weighted by Crippen LogP contribution is -2.53. The number of hydrogen-bond acceptors (Lipinski definition) is 3. The first kappa shape index (κ1) is 20.2. The van der Waals surface area contributed by atoms with Crippen LogP contribution in [0.25, 0.3) is 0 Å². The summed E-state index contributed by atoms with van der Waals surface area (Å²) in [6, 6.07) is 0. The zero-order valence-electron chi connectivity index (χ0n) is 17.4. The van der Waals surface area contributed by atoms with Crippen molar-refractivity contribution in [1.82, 2.24) is 4.90 Å². The second-order valence-electron chi connectivity index (χ2n) is 9.23. The van der Waals surface area contributed by atoms with Crippen LogP contribution < -0.4 is 0 Å². The predicted molar refractivity (Wildman–Crippen MR) is 101 cm³/mol. The molecular weight excluding hydrogens is 298 g/mol. The summed E-state index contributed by atoms with van der Waals surface area (Å²) in [4.78, 5) is 2.39. The summed E-state index contributed by atoms with van der Waals surface area (Å²) in [6.07, 6.45) is 5.55. The summed E-state index contributed by atoms with van der Waals surface area (Å²) in [5.74, 6) is 0.628. The van der Waals surface area contributed by atoms with Crippen molar-refractivity contribution < 1.29 is 9.47 Å². The summed E-state index contributed by atoms with van der Waals surface area (Å²) >= 11 is 0. The van der Waals surface area contributed by atoms with Gasteiger partial charge < -0.3 is 14.4 Å². The molecule has 0 saturated carbocycles. The highest BCUT2D eigenvalue weighted by molar-refractivity contribution is 5.01. The average Bonchev–Trinajstić information content (AvgIpc) is 2.64. The first-order valence-corrected chi connectivity index (χ1v) is 10.2. The van der Waals surface area contributed by atoms with Gasteiger partial charge in [-0.25, -0.2) is 0 Å². The fourth-order valence-corrected chi connectivity index (χ4v) is 5.35. The van der Waals surface area contributed by atoms with E-state index < -0.39 is 0 Å². The van der Waals surface area contributed by atoms with Crippen molar-refractivity contribution in [3.05, 3.63) is 0 Å². The van der Waals surface area contributed by atoms with Crippen LogP contribution in [-0.2, 0) is 9.47 Å². The number of piperidine rings is 1. The van der Waals surface area contributed by atoms with Gasteiger partial charge in [0, 0.05) is 25.9 Å². The SMILES string of the molecule is CC[C@H]1OC2(CCN(C)CC2)OC(C)(CC)[C@H](C(C)(C)CC)[C@H]1C. The molecule has 1 unspecified atom stereocenters. The lowest BCUT2D eigenvalue weighted by molar-refractivity contribution is -0.309. The van der Waals surface area contributed by atoms with Crippen molar-refractivity contribution in [1.29, 1.82) is 0 Å². The van der Waals surface area contributed by atoms with E-state index >= 15 is 0 Å². The number of hydrogen-bond donors (Lipinski definition) is 0. The highest BCUT2D eigenvalue weighted by Gasteiger charge is 2.55. The van der Waals surface area contributed by atoms with Crippen LogP contribution in [-0.4, -0.2) is 42.5 Å². The molecule has 2 heterocycles. The standard InChI is InChI=1S/C21H41NO2/c1-9-17-16(4)18(19(5,6)10-2)20(7,11-3)24-21(23-17)12-14-22(8)15-13-21/h16-18H,9-15H2,1-8H3/t16-,17+,18-,20?/m0/s1. The van der Waals surface area contributed by atoms with Crippen molar-refractivity contribution in [2.75, 3.05) is 20.1 Å². The van der Waals surface area contributed by atoms with Crippen LogP contribution >= 0.6 is 0 Å². The van der Waals surface area contributed by atoms with Crippen LogP contribution in [0.3, 0.4) is 0 Å². The quantitative estimate of drug-likeness (QED) is 0.712. The average molecular weight is 340 g/mol. The van der Waals surface area contributed by atoms with Crippen molar-refractivity contribution >= 4 is 0 Å². The molecule has 142 valence electrons. The summed E-state index contributed by atoms with van der Waals surface area (Å²) in [6.45, 7) is 18.6. The van der Waals surface area contributed by atoms with E-state index in [0.29, 0.717) is 11.8 Å². The zero-order valence-corrected chi connectivity index (χ0v) is 17.4. The normalized spacial score (nSPS) is 38.2. The van der Waals surface area contributed by atoms with Gasteiger partial charge in [0.15, 0.2) is 5.79 Å². The zero-order chi connectivity index (χ0) is 18.2. The van der Waals surface area contributed by atoms with Gasteiger partial charge in [0.05, 0.1) is 11.7 Å². The van der Waals surface area contributed by atoms with Gasteiger partial charge in [-0.3, -0.25) is 0 Å². The van der Waals surface area contributed by atoms with Crippen LogP contribution in [0.4, 0.5) is 0 Å². The lowest BCUT2D eigenvalue weighted by atomic mass is 9.61. The van der Waals surface area contributed by atoms with Crippen molar-refractivity contribution in [3.8, 4) is 0 Å². The maximum absolute atomic E-state index is 6.98. The van der Waals surface area contributed by atoms with E-state index in [9.17, 15) is 0 Å². The van der Waals surface area contributed by atoms with E-state index in [2.05, 4.69) is 60.4 Å². The Morgan fingerprint density at radius 2 is 1.71 bits per heavy atom. The van der Waals surface area contributed by atoms with Gasteiger partial charge >= 0.3 is 0 Å². The van der Waals surface area contributed by atoms with E-state index in [1.54, 1.807) is 0 Å². The molecule has 0 aromatic heterocycles. The monoisotopic (exact) mass is 339 g/mol. The minimum absolute atomic E-state index is 0.126. The molecule has 3 nitrogen and oxygen atoms in total. The molecule has 2 aliphatic rings. The molecule has 2 rings (SSSR count). The minimum atomic E-state index is -0.384. The molecule has 0 aromatic rings. The third kappa shape index (κ3) is 3.68. The predicted octanol–water partition coefficient (Wildman–Crippen LogP) is 5.09. The van der Waals surface area contributed by atoms with E-state index in [-0.39, 0.29) is 22.9 Å². The van der Waals surface area contributed by atoms with E-state index in [0.717, 1.165) is 38.8 Å². The Bertz CT molecular complexity index is 414. The Hall–Kier alpha value is -0.120. The molecule has 0 aromatic carbocycles. The largest absolute Gasteiger partial charge is 0.346 e. The molecule has 0 amide bonds. The van der Waals surface area contributed by atoms with E-state index in [4.69, 9.17) is 9.47 Å². The molecule has 2 aliphatic heterocycles. The Balaban J connectivity index is 2.44. The van der Waals surface area contributed by atoms with E-state index in [1.165, 1.54) is 6.42 Å². The maximum atomic E-state index is 6.98. The van der Waals surface area contributed by atoms with Crippen LogP contribution in [0.5, 0.6) is 0 Å². The van der Waals surface area contributed by atoms with E-state index in [1.807, 2.05) is 0 Å². The smallest absolute Gasteiger partial charge is 0.171 e. The molecule has 0 bridgehead atoms. The first-order valence-electron chi connectivity index (χ1n) is 10.2. The summed E-state index contributed by atoms with van der Waals surface area (Å²) in [7, 11) is 2.20. The lowest BCUT2D eigenvalue weighted by Gasteiger charge is -2.50.